The molecule has 0 saturated carbocycles. The smallest absolute Gasteiger partial charge is 0.324 e. The van der Waals surface area contributed by atoms with Crippen LogP contribution in [0.3, 0.4) is 0 Å². The molecule has 114 valence electrons. The van der Waals surface area contributed by atoms with Crippen LogP contribution in [0.15, 0.2) is 12.1 Å². The maximum Gasteiger partial charge on any atom is 0.324 e. The van der Waals surface area contributed by atoms with E-state index in [4.69, 9.17) is 5.73 Å². The van der Waals surface area contributed by atoms with E-state index in [0.29, 0.717) is 18.0 Å². The molecule has 1 aliphatic heterocycles. The van der Waals surface area contributed by atoms with Crippen molar-refractivity contribution in [2.75, 3.05) is 19.6 Å². The monoisotopic (exact) mass is 312 g/mol. The first-order valence-electron chi connectivity index (χ1n) is 6.51. The van der Waals surface area contributed by atoms with E-state index in [1.165, 1.54) is 12.1 Å². The number of thiophene rings is 1. The number of hydrogen-bond donors (Lipinski definition) is 2. The zero-order chi connectivity index (χ0) is 15.4. The van der Waals surface area contributed by atoms with E-state index in [9.17, 15) is 19.7 Å². The Labute approximate surface area is 125 Å². The zero-order valence-electron chi connectivity index (χ0n) is 11.3. The molecule has 21 heavy (non-hydrogen) atoms. The highest BCUT2D eigenvalue weighted by Crippen LogP contribution is 2.24. The molecule has 1 fully saturated rings. The molecule has 2 rings (SSSR count). The number of nitrogens with two attached hydrogens (primary N) is 1. The topological polar surface area (TPSA) is 119 Å². The van der Waals surface area contributed by atoms with E-state index in [1.807, 2.05) is 4.90 Å². The second kappa shape index (κ2) is 6.64. The standard InChI is InChI=1S/C12H16N4O4S/c13-10(17)7-15-5-3-8(4-6-15)14-12(18)9-1-2-11(21-9)16(19)20/h1-2,8H,3-7H2,(H2,13,17)(H,14,18). The van der Waals surface area contributed by atoms with Crippen molar-refractivity contribution in [1.29, 1.82) is 0 Å². The first-order valence-corrected chi connectivity index (χ1v) is 7.33. The number of rotatable bonds is 5. The predicted octanol–water partition coefficient (Wildman–Crippen LogP) is 0.336. The fraction of sp³-hybridized carbons (Fsp3) is 0.500. The molecule has 1 aromatic heterocycles. The largest absolute Gasteiger partial charge is 0.369 e. The second-order valence-electron chi connectivity index (χ2n) is 4.89. The number of nitrogens with zero attached hydrogens (tertiary/aromatic N) is 2. The number of amides is 2. The van der Waals surface area contributed by atoms with Crippen molar-refractivity contribution >= 4 is 28.2 Å². The van der Waals surface area contributed by atoms with E-state index in [0.717, 1.165) is 24.2 Å². The third kappa shape index (κ3) is 4.23. The van der Waals surface area contributed by atoms with Gasteiger partial charge in [0, 0.05) is 25.2 Å². The molecular weight excluding hydrogens is 296 g/mol. The van der Waals surface area contributed by atoms with Crippen LogP contribution in [-0.2, 0) is 4.79 Å². The van der Waals surface area contributed by atoms with Gasteiger partial charge < -0.3 is 11.1 Å². The molecule has 1 aliphatic rings. The Morgan fingerprint density at radius 1 is 1.43 bits per heavy atom. The van der Waals surface area contributed by atoms with Gasteiger partial charge in [-0.3, -0.25) is 24.6 Å². The van der Waals surface area contributed by atoms with Gasteiger partial charge in [-0.05, 0) is 18.9 Å². The summed E-state index contributed by atoms with van der Waals surface area (Å²) in [5.74, 6) is -0.648. The number of nitro groups is 1. The van der Waals surface area contributed by atoms with Gasteiger partial charge in [0.25, 0.3) is 5.91 Å². The van der Waals surface area contributed by atoms with Crippen LogP contribution in [0.4, 0.5) is 5.00 Å². The third-order valence-electron chi connectivity index (χ3n) is 3.30. The van der Waals surface area contributed by atoms with E-state index in [2.05, 4.69) is 5.32 Å². The molecule has 2 heterocycles. The van der Waals surface area contributed by atoms with E-state index >= 15 is 0 Å². The number of nitrogens with one attached hydrogen (secondary N) is 1. The van der Waals surface area contributed by atoms with Crippen molar-refractivity contribution in [2.45, 2.75) is 18.9 Å². The molecule has 0 unspecified atom stereocenters. The maximum absolute atomic E-state index is 12.0. The molecule has 0 aliphatic carbocycles. The maximum atomic E-state index is 12.0. The van der Waals surface area contributed by atoms with Crippen LogP contribution >= 0.6 is 11.3 Å². The highest BCUT2D eigenvalue weighted by atomic mass is 32.1. The molecule has 0 aromatic carbocycles. The predicted molar refractivity (Wildman–Crippen MR) is 77.1 cm³/mol. The average molecular weight is 312 g/mol. The Morgan fingerprint density at radius 2 is 2.10 bits per heavy atom. The molecule has 0 atom stereocenters. The summed E-state index contributed by atoms with van der Waals surface area (Å²) in [4.78, 5) is 35.2. The fourth-order valence-corrected chi connectivity index (χ4v) is 2.98. The SMILES string of the molecule is NC(=O)CN1CCC(NC(=O)c2ccc([N+](=O)[O-])s2)CC1. The summed E-state index contributed by atoms with van der Waals surface area (Å²) in [6, 6.07) is 2.80. The Bertz CT molecular complexity index is 551. The highest BCUT2D eigenvalue weighted by molar-refractivity contribution is 7.17. The molecule has 0 bridgehead atoms. The number of carbonyl (C=O) groups is 2. The van der Waals surface area contributed by atoms with Crippen molar-refractivity contribution in [1.82, 2.24) is 10.2 Å². The van der Waals surface area contributed by atoms with Crippen molar-refractivity contribution in [3.8, 4) is 0 Å². The molecule has 8 nitrogen and oxygen atoms in total. The summed E-state index contributed by atoms with van der Waals surface area (Å²) in [6.07, 6.45) is 1.46. The quantitative estimate of drug-likeness (QED) is 0.600. The minimum Gasteiger partial charge on any atom is -0.369 e. The van der Waals surface area contributed by atoms with Gasteiger partial charge in [-0.1, -0.05) is 11.3 Å². The number of primary amides is 1. The molecule has 1 aromatic rings. The van der Waals surface area contributed by atoms with Crippen LogP contribution in [-0.4, -0.2) is 47.3 Å². The molecule has 0 radical (unpaired) electrons. The number of carbonyl (C=O) groups excluding carboxylic acids is 2. The number of piperidine rings is 1. The second-order valence-corrected chi connectivity index (χ2v) is 5.95. The van der Waals surface area contributed by atoms with Crippen molar-refractivity contribution < 1.29 is 14.5 Å². The Kier molecular flexibility index (Phi) is 4.86. The lowest BCUT2D eigenvalue weighted by molar-refractivity contribution is -0.380. The summed E-state index contributed by atoms with van der Waals surface area (Å²) in [7, 11) is 0. The number of likely N-dealkylation sites (tertiary alicyclic amines) is 1. The van der Waals surface area contributed by atoms with Crippen molar-refractivity contribution in [3.05, 3.63) is 27.1 Å². The van der Waals surface area contributed by atoms with Crippen LogP contribution in [0.2, 0.25) is 0 Å². The lowest BCUT2D eigenvalue weighted by Crippen LogP contribution is -2.46. The van der Waals surface area contributed by atoms with Gasteiger partial charge in [-0.2, -0.15) is 0 Å². The molecule has 9 heteroatoms. The first kappa shape index (κ1) is 15.4. The fourth-order valence-electron chi connectivity index (χ4n) is 2.26. The molecule has 3 N–H and O–H groups in total. The van der Waals surface area contributed by atoms with E-state index in [1.54, 1.807) is 0 Å². The summed E-state index contributed by atoms with van der Waals surface area (Å²) in [5, 5.41) is 13.4. The lowest BCUT2D eigenvalue weighted by atomic mass is 10.0. The summed E-state index contributed by atoms with van der Waals surface area (Å²) in [5.41, 5.74) is 5.14. The van der Waals surface area contributed by atoms with Crippen molar-refractivity contribution in [3.63, 3.8) is 0 Å². The molecule has 2 amide bonds. The summed E-state index contributed by atoms with van der Waals surface area (Å²) < 4.78 is 0. The summed E-state index contributed by atoms with van der Waals surface area (Å²) in [6.45, 7) is 1.62. The Morgan fingerprint density at radius 3 is 2.62 bits per heavy atom. The first-order chi connectivity index (χ1) is 9.95. The van der Waals surface area contributed by atoms with E-state index in [-0.39, 0.29) is 29.4 Å². The van der Waals surface area contributed by atoms with Gasteiger partial charge in [0.15, 0.2) is 0 Å². The van der Waals surface area contributed by atoms with Gasteiger partial charge in [0.1, 0.15) is 0 Å². The van der Waals surface area contributed by atoms with Crippen LogP contribution in [0.25, 0.3) is 0 Å². The Balaban J connectivity index is 1.83. The minimum atomic E-state index is -0.510. The lowest BCUT2D eigenvalue weighted by Gasteiger charge is -2.31. The highest BCUT2D eigenvalue weighted by Gasteiger charge is 2.23. The molecule has 0 spiro atoms. The third-order valence-corrected chi connectivity index (χ3v) is 4.33. The van der Waals surface area contributed by atoms with Gasteiger partial charge in [0.05, 0.1) is 16.3 Å². The normalized spacial score (nSPS) is 16.6. The Hall–Kier alpha value is -2.00. The van der Waals surface area contributed by atoms with Crippen LogP contribution in [0, 0.1) is 10.1 Å². The van der Waals surface area contributed by atoms with Gasteiger partial charge in [-0.25, -0.2) is 0 Å². The van der Waals surface area contributed by atoms with Crippen LogP contribution < -0.4 is 11.1 Å². The zero-order valence-corrected chi connectivity index (χ0v) is 12.1. The average Bonchev–Trinajstić information content (AvgIpc) is 2.90. The molecular formula is C12H16N4O4S. The summed E-state index contributed by atoms with van der Waals surface area (Å²) >= 11 is 0.864. The molecule has 1 saturated heterocycles. The van der Waals surface area contributed by atoms with Crippen molar-refractivity contribution in [2.24, 2.45) is 5.73 Å². The van der Waals surface area contributed by atoms with Crippen LogP contribution in [0.5, 0.6) is 0 Å². The van der Waals surface area contributed by atoms with E-state index < -0.39 is 4.92 Å². The minimum absolute atomic E-state index is 0.0165. The van der Waals surface area contributed by atoms with Gasteiger partial charge in [-0.15, -0.1) is 0 Å². The van der Waals surface area contributed by atoms with Gasteiger partial charge in [0.2, 0.25) is 5.91 Å². The number of hydrogen-bond acceptors (Lipinski definition) is 6. The van der Waals surface area contributed by atoms with Gasteiger partial charge >= 0.3 is 5.00 Å². The van der Waals surface area contributed by atoms with Crippen LogP contribution in [0.1, 0.15) is 22.5 Å².